The molecule has 8 heteroatoms. The number of rotatable bonds is 11. The molecule has 20 heavy (non-hydrogen) atoms. The normalized spacial score (nSPS) is 15.3. The van der Waals surface area contributed by atoms with Crippen LogP contribution < -0.4 is 0 Å². The first-order chi connectivity index (χ1) is 9.57. The van der Waals surface area contributed by atoms with Gasteiger partial charge in [-0.05, 0) is 22.9 Å². The predicted molar refractivity (Wildman–Crippen MR) is 69.2 cm³/mol. The molecule has 0 spiro atoms. The minimum atomic E-state index is -2.67. The number of hydrogen-bond acceptors (Lipinski definition) is 5. The van der Waals surface area contributed by atoms with Gasteiger partial charge in [0.25, 0.3) is 0 Å². The van der Waals surface area contributed by atoms with Gasteiger partial charge in [-0.25, -0.2) is 0 Å². The number of hydrogen-bond donors (Lipinski definition) is 0. The summed E-state index contributed by atoms with van der Waals surface area (Å²) in [4.78, 5) is 0. The summed E-state index contributed by atoms with van der Waals surface area (Å²) in [6, 6.07) is 0. The fourth-order valence-corrected chi connectivity index (χ4v) is 1.45. The third kappa shape index (κ3) is 9.17. The number of ether oxygens (including phenoxy) is 2. The number of terminal acetylenes is 2. The lowest BCUT2D eigenvalue weighted by molar-refractivity contribution is -0.101. The van der Waals surface area contributed by atoms with E-state index in [1.54, 1.807) is 13.8 Å². The van der Waals surface area contributed by atoms with E-state index in [1.807, 2.05) is 0 Å². The van der Waals surface area contributed by atoms with Gasteiger partial charge in [0.2, 0.25) is 0 Å². The van der Waals surface area contributed by atoms with Crippen LogP contribution in [0.25, 0.3) is 0 Å². The van der Waals surface area contributed by atoms with Crippen LogP contribution in [-0.4, -0.2) is 32.0 Å². The second-order valence-electron chi connectivity index (χ2n) is 3.81. The van der Waals surface area contributed by atoms with E-state index in [0.29, 0.717) is 0 Å². The monoisotopic (exact) mass is 310 g/mol. The molecule has 0 aliphatic carbocycles. The van der Waals surface area contributed by atoms with Gasteiger partial charge in [-0.15, -0.1) is 22.3 Å². The maximum atomic E-state index is 11.8. The van der Waals surface area contributed by atoms with Gasteiger partial charge in [-0.1, -0.05) is 11.8 Å². The summed E-state index contributed by atoms with van der Waals surface area (Å²) in [6.45, 7) is 3.61. The molecule has 0 heterocycles. The van der Waals surface area contributed by atoms with Gasteiger partial charge < -0.3 is 14.0 Å². The molecule has 0 saturated heterocycles. The molecule has 0 aromatic heterocycles. The molecule has 0 radical (unpaired) electrons. The van der Waals surface area contributed by atoms with Crippen molar-refractivity contribution in [1.82, 2.24) is 0 Å². The van der Waals surface area contributed by atoms with E-state index >= 15 is 0 Å². The first-order valence-electron chi connectivity index (χ1n) is 5.73. The minimum absolute atomic E-state index is 0.103. The van der Waals surface area contributed by atoms with Gasteiger partial charge in [-0.2, -0.15) is 0 Å². The van der Waals surface area contributed by atoms with E-state index in [2.05, 4.69) is 21.3 Å². The van der Waals surface area contributed by atoms with E-state index in [4.69, 9.17) is 26.8 Å². The Morgan fingerprint density at radius 1 is 0.950 bits per heavy atom. The highest BCUT2D eigenvalue weighted by Crippen LogP contribution is 2.40. The van der Waals surface area contributed by atoms with Crippen molar-refractivity contribution in [3.05, 3.63) is 0 Å². The average molecular weight is 310 g/mol. The standard InChI is InChI=1S/C12H17F2O5P/c1-5-10(3)15-7-12(8-16-11(4)6-2)9-17-20(18-13)19-14/h1-2,10-12H,7-9H2,3-4H3. The zero-order valence-electron chi connectivity index (χ0n) is 11.3. The first kappa shape index (κ1) is 19.2. The summed E-state index contributed by atoms with van der Waals surface area (Å²) in [5.41, 5.74) is 0. The summed E-state index contributed by atoms with van der Waals surface area (Å²) in [6.07, 6.45) is 9.53. The fourth-order valence-electron chi connectivity index (χ4n) is 1.02. The lowest BCUT2D eigenvalue weighted by atomic mass is 10.2. The van der Waals surface area contributed by atoms with Crippen LogP contribution in [0.2, 0.25) is 0 Å². The highest BCUT2D eigenvalue weighted by molar-refractivity contribution is 7.41. The second kappa shape index (κ2) is 12.0. The summed E-state index contributed by atoms with van der Waals surface area (Å²) >= 11 is 0. The Kier molecular flexibility index (Phi) is 11.5. The fraction of sp³-hybridized carbons (Fsp3) is 0.667. The summed E-state index contributed by atoms with van der Waals surface area (Å²) < 4.78 is 45.2. The SMILES string of the molecule is C#CC(C)OCC(COC(C)C#C)COP(OF)OF. The molecule has 0 aliphatic heterocycles. The van der Waals surface area contributed by atoms with Crippen molar-refractivity contribution >= 4 is 8.60 Å². The first-order valence-corrected chi connectivity index (χ1v) is 6.82. The van der Waals surface area contributed by atoms with Crippen LogP contribution in [-0.2, 0) is 23.5 Å². The smallest absolute Gasteiger partial charge is 0.365 e. The average Bonchev–Trinajstić information content (AvgIpc) is 2.48. The molecule has 2 atom stereocenters. The van der Waals surface area contributed by atoms with E-state index < -0.39 is 20.8 Å². The van der Waals surface area contributed by atoms with Crippen LogP contribution in [0.3, 0.4) is 0 Å². The van der Waals surface area contributed by atoms with Crippen LogP contribution in [0.1, 0.15) is 13.8 Å². The zero-order chi connectivity index (χ0) is 15.4. The molecule has 0 N–H and O–H groups in total. The van der Waals surface area contributed by atoms with Crippen molar-refractivity contribution in [1.29, 1.82) is 0 Å². The lowest BCUT2D eigenvalue weighted by Crippen LogP contribution is -2.25. The molecule has 2 unspecified atom stereocenters. The van der Waals surface area contributed by atoms with E-state index in [1.165, 1.54) is 0 Å². The van der Waals surface area contributed by atoms with Crippen LogP contribution in [0, 0.1) is 30.6 Å². The third-order valence-electron chi connectivity index (χ3n) is 2.16. The maximum Gasteiger partial charge on any atom is 0.403 e. The maximum absolute atomic E-state index is 11.8. The molecule has 0 amide bonds. The number of halogens is 2. The van der Waals surface area contributed by atoms with Crippen molar-refractivity contribution in [2.75, 3.05) is 19.8 Å². The largest absolute Gasteiger partial charge is 0.403 e. The molecule has 0 aromatic carbocycles. The molecular weight excluding hydrogens is 293 g/mol. The van der Waals surface area contributed by atoms with Crippen LogP contribution >= 0.6 is 8.60 Å². The van der Waals surface area contributed by atoms with Gasteiger partial charge in [0.05, 0.1) is 19.8 Å². The van der Waals surface area contributed by atoms with Crippen molar-refractivity contribution in [3.8, 4) is 24.7 Å². The molecule has 0 aromatic rings. The van der Waals surface area contributed by atoms with Crippen LogP contribution in [0.15, 0.2) is 0 Å². The highest BCUT2D eigenvalue weighted by atomic mass is 31.2. The van der Waals surface area contributed by atoms with E-state index in [9.17, 15) is 9.05 Å². The summed E-state index contributed by atoms with van der Waals surface area (Å²) in [5, 5.41) is 0. The molecular formula is C12H17F2O5P. The van der Waals surface area contributed by atoms with Crippen molar-refractivity contribution in [3.63, 3.8) is 0 Å². The Labute approximate surface area is 118 Å². The predicted octanol–water partition coefficient (Wildman–Crippen LogP) is 2.72. The highest BCUT2D eigenvalue weighted by Gasteiger charge is 2.20. The molecule has 114 valence electrons. The summed E-state index contributed by atoms with van der Waals surface area (Å²) in [5.74, 6) is 4.43. The minimum Gasteiger partial charge on any atom is -0.365 e. The molecule has 0 bridgehead atoms. The van der Waals surface area contributed by atoms with Gasteiger partial charge in [0.1, 0.15) is 12.2 Å². The second-order valence-corrected chi connectivity index (χ2v) is 4.79. The molecule has 0 rings (SSSR count). The van der Waals surface area contributed by atoms with Gasteiger partial charge in [0, 0.05) is 5.92 Å². The third-order valence-corrected chi connectivity index (χ3v) is 2.75. The Bertz CT molecular complexity index is 303. The molecule has 0 saturated carbocycles. The zero-order valence-corrected chi connectivity index (χ0v) is 12.1. The van der Waals surface area contributed by atoms with Gasteiger partial charge in [-0.3, -0.25) is 0 Å². The van der Waals surface area contributed by atoms with Crippen molar-refractivity contribution < 1.29 is 32.5 Å². The van der Waals surface area contributed by atoms with Gasteiger partial charge >= 0.3 is 8.60 Å². The van der Waals surface area contributed by atoms with E-state index in [-0.39, 0.29) is 25.7 Å². The molecule has 0 aliphatic rings. The van der Waals surface area contributed by atoms with Crippen LogP contribution in [0.5, 0.6) is 0 Å². The van der Waals surface area contributed by atoms with Crippen LogP contribution in [0.4, 0.5) is 9.05 Å². The molecule has 5 nitrogen and oxygen atoms in total. The Hall–Kier alpha value is -0.790. The molecule has 0 fully saturated rings. The summed E-state index contributed by atoms with van der Waals surface area (Å²) in [7, 11) is -2.67. The van der Waals surface area contributed by atoms with Crippen molar-refractivity contribution in [2.24, 2.45) is 5.92 Å². The Morgan fingerprint density at radius 3 is 1.75 bits per heavy atom. The topological polar surface area (TPSA) is 46.2 Å². The lowest BCUT2D eigenvalue weighted by Gasteiger charge is -2.19. The Balaban J connectivity index is 4.24. The quantitative estimate of drug-likeness (QED) is 0.434. The Morgan fingerprint density at radius 2 is 1.40 bits per heavy atom. The van der Waals surface area contributed by atoms with Gasteiger partial charge in [0.15, 0.2) is 0 Å². The van der Waals surface area contributed by atoms with E-state index in [0.717, 1.165) is 0 Å². The van der Waals surface area contributed by atoms with Crippen molar-refractivity contribution in [2.45, 2.75) is 26.1 Å².